The maximum Gasteiger partial charge on any atom is 0.155 e. The topological polar surface area (TPSA) is 68.3 Å². The van der Waals surface area contributed by atoms with Crippen molar-refractivity contribution in [2.75, 3.05) is 17.8 Å². The zero-order valence-electron chi connectivity index (χ0n) is 9.88. The van der Waals surface area contributed by atoms with Gasteiger partial charge in [-0.05, 0) is 12.5 Å². The molecule has 1 rings (SSSR count). The summed E-state index contributed by atoms with van der Waals surface area (Å²) in [7, 11) is -6.60. The van der Waals surface area contributed by atoms with E-state index in [1.807, 2.05) is 13.0 Å². The van der Waals surface area contributed by atoms with Gasteiger partial charge in [-0.25, -0.2) is 16.8 Å². The van der Waals surface area contributed by atoms with Crippen LogP contribution in [0.1, 0.15) is 11.1 Å². The van der Waals surface area contributed by atoms with E-state index in [1.165, 1.54) is 0 Å². The molecule has 0 saturated carbocycles. The first-order valence-corrected chi connectivity index (χ1v) is 9.00. The fourth-order valence-corrected chi connectivity index (χ4v) is 4.46. The van der Waals surface area contributed by atoms with Gasteiger partial charge in [0.2, 0.25) is 0 Å². The molecule has 4 nitrogen and oxygen atoms in total. The minimum atomic E-state index is -3.36. The van der Waals surface area contributed by atoms with Crippen LogP contribution in [-0.4, -0.2) is 34.6 Å². The SMILES string of the molecule is Cc1cccc(CS(=O)(=O)CCS(C)(=O)=O)c1. The van der Waals surface area contributed by atoms with Crippen molar-refractivity contribution >= 4 is 19.7 Å². The number of hydrogen-bond acceptors (Lipinski definition) is 4. The van der Waals surface area contributed by atoms with Gasteiger partial charge in [0.1, 0.15) is 9.84 Å². The highest BCUT2D eigenvalue weighted by molar-refractivity contribution is 7.94. The highest BCUT2D eigenvalue weighted by Crippen LogP contribution is 2.09. The van der Waals surface area contributed by atoms with Crippen LogP contribution < -0.4 is 0 Å². The Balaban J connectivity index is 2.74. The van der Waals surface area contributed by atoms with Crippen LogP contribution in [0.2, 0.25) is 0 Å². The molecule has 96 valence electrons. The second-order valence-electron chi connectivity index (χ2n) is 4.21. The van der Waals surface area contributed by atoms with Gasteiger partial charge < -0.3 is 0 Å². The van der Waals surface area contributed by atoms with Gasteiger partial charge in [0.05, 0.1) is 17.3 Å². The predicted octanol–water partition coefficient (Wildman–Crippen LogP) is 0.954. The molecular weight excluding hydrogens is 260 g/mol. The summed E-state index contributed by atoms with van der Waals surface area (Å²) < 4.78 is 45.2. The molecule has 0 bridgehead atoms. The second-order valence-corrected chi connectivity index (χ2v) is 8.65. The molecule has 17 heavy (non-hydrogen) atoms. The molecule has 0 aliphatic heterocycles. The van der Waals surface area contributed by atoms with E-state index in [2.05, 4.69) is 0 Å². The standard InChI is InChI=1S/C11H16O4S2/c1-10-4-3-5-11(8-10)9-17(14,15)7-6-16(2,12)13/h3-5,8H,6-7,9H2,1-2H3. The number of benzene rings is 1. The summed E-state index contributed by atoms with van der Waals surface area (Å²) in [4.78, 5) is 0. The molecule has 0 atom stereocenters. The quantitative estimate of drug-likeness (QED) is 0.803. The third-order valence-corrected chi connectivity index (χ3v) is 5.04. The van der Waals surface area contributed by atoms with E-state index in [1.54, 1.807) is 18.2 Å². The molecule has 1 aromatic carbocycles. The molecular formula is C11H16O4S2. The molecule has 0 radical (unpaired) electrons. The van der Waals surface area contributed by atoms with Gasteiger partial charge in [-0.3, -0.25) is 0 Å². The maximum absolute atomic E-state index is 11.7. The van der Waals surface area contributed by atoms with E-state index in [4.69, 9.17) is 0 Å². The Kier molecular flexibility index (Phi) is 4.32. The van der Waals surface area contributed by atoms with Gasteiger partial charge in [0.15, 0.2) is 9.84 Å². The Morgan fingerprint density at radius 2 is 1.71 bits per heavy atom. The highest BCUT2D eigenvalue weighted by Gasteiger charge is 2.15. The van der Waals surface area contributed by atoms with Crippen LogP contribution >= 0.6 is 0 Å². The third kappa shape index (κ3) is 5.83. The van der Waals surface area contributed by atoms with E-state index in [-0.39, 0.29) is 17.3 Å². The summed E-state index contributed by atoms with van der Waals surface area (Å²) in [5.74, 6) is -0.745. The lowest BCUT2D eigenvalue weighted by atomic mass is 10.2. The molecule has 0 aromatic heterocycles. The Morgan fingerprint density at radius 3 is 2.24 bits per heavy atom. The number of sulfone groups is 2. The van der Waals surface area contributed by atoms with E-state index in [0.29, 0.717) is 5.56 Å². The smallest absolute Gasteiger partial charge is 0.155 e. The van der Waals surface area contributed by atoms with E-state index in [0.717, 1.165) is 11.8 Å². The van der Waals surface area contributed by atoms with E-state index in [9.17, 15) is 16.8 Å². The minimum Gasteiger partial charge on any atom is -0.229 e. The lowest BCUT2D eigenvalue weighted by Crippen LogP contribution is -2.17. The number of rotatable bonds is 5. The third-order valence-electron chi connectivity index (χ3n) is 2.23. The molecule has 0 unspecified atom stereocenters. The zero-order chi connectivity index (χ0) is 13.1. The summed E-state index contributed by atoms with van der Waals surface area (Å²) in [6, 6.07) is 7.19. The van der Waals surface area contributed by atoms with Crippen LogP contribution in [-0.2, 0) is 25.4 Å². The lowest BCUT2D eigenvalue weighted by molar-refractivity contribution is 0.589. The summed E-state index contributed by atoms with van der Waals surface area (Å²) in [5, 5.41) is 0. The van der Waals surface area contributed by atoms with E-state index < -0.39 is 19.7 Å². The predicted molar refractivity (Wildman–Crippen MR) is 68.4 cm³/mol. The first-order chi connectivity index (χ1) is 7.68. The van der Waals surface area contributed by atoms with Gasteiger partial charge in [-0.15, -0.1) is 0 Å². The molecule has 0 spiro atoms. The van der Waals surface area contributed by atoms with Crippen molar-refractivity contribution in [3.05, 3.63) is 35.4 Å². The Bertz CT molecular complexity index is 586. The maximum atomic E-state index is 11.7. The molecule has 0 heterocycles. The van der Waals surface area contributed by atoms with Crippen molar-refractivity contribution in [2.24, 2.45) is 0 Å². The number of hydrogen-bond donors (Lipinski definition) is 0. The largest absolute Gasteiger partial charge is 0.229 e. The first kappa shape index (κ1) is 14.2. The van der Waals surface area contributed by atoms with Crippen molar-refractivity contribution in [2.45, 2.75) is 12.7 Å². The van der Waals surface area contributed by atoms with Crippen molar-refractivity contribution in [3.63, 3.8) is 0 Å². The molecule has 6 heteroatoms. The summed E-state index contributed by atoms with van der Waals surface area (Å²) in [6.07, 6.45) is 1.04. The fourth-order valence-electron chi connectivity index (χ4n) is 1.41. The minimum absolute atomic E-state index is 0.107. The van der Waals surface area contributed by atoms with Crippen LogP contribution in [0.5, 0.6) is 0 Å². The Labute approximate surface area is 103 Å². The molecule has 0 aliphatic carbocycles. The van der Waals surface area contributed by atoms with E-state index >= 15 is 0 Å². The Morgan fingerprint density at radius 1 is 1.06 bits per heavy atom. The van der Waals surface area contributed by atoms with Crippen molar-refractivity contribution in [1.82, 2.24) is 0 Å². The lowest BCUT2D eigenvalue weighted by Gasteiger charge is -2.04. The molecule has 1 aromatic rings. The van der Waals surface area contributed by atoms with Crippen LogP contribution in [0.4, 0.5) is 0 Å². The molecule has 0 fully saturated rings. The number of aryl methyl sites for hydroxylation is 1. The van der Waals surface area contributed by atoms with Gasteiger partial charge in [0.25, 0.3) is 0 Å². The van der Waals surface area contributed by atoms with Gasteiger partial charge >= 0.3 is 0 Å². The summed E-state index contributed by atoms with van der Waals surface area (Å²) in [6.45, 7) is 1.88. The Hall–Kier alpha value is -0.880. The highest BCUT2D eigenvalue weighted by atomic mass is 32.2. The normalized spacial score (nSPS) is 12.6. The van der Waals surface area contributed by atoms with Crippen LogP contribution in [0.15, 0.2) is 24.3 Å². The van der Waals surface area contributed by atoms with Crippen LogP contribution in [0.3, 0.4) is 0 Å². The summed E-state index contributed by atoms with van der Waals surface area (Å²) in [5.41, 5.74) is 1.68. The van der Waals surface area contributed by atoms with Crippen molar-refractivity contribution in [1.29, 1.82) is 0 Å². The monoisotopic (exact) mass is 276 g/mol. The molecule has 0 saturated heterocycles. The molecule has 0 amide bonds. The average molecular weight is 276 g/mol. The molecule has 0 N–H and O–H groups in total. The molecule has 0 aliphatic rings. The average Bonchev–Trinajstić information content (AvgIpc) is 2.13. The van der Waals surface area contributed by atoms with Gasteiger partial charge in [-0.2, -0.15) is 0 Å². The van der Waals surface area contributed by atoms with Gasteiger partial charge in [0, 0.05) is 6.26 Å². The zero-order valence-corrected chi connectivity index (χ0v) is 11.5. The van der Waals surface area contributed by atoms with Gasteiger partial charge in [-0.1, -0.05) is 29.8 Å². The second kappa shape index (κ2) is 5.18. The van der Waals surface area contributed by atoms with Crippen molar-refractivity contribution < 1.29 is 16.8 Å². The summed E-state index contributed by atoms with van der Waals surface area (Å²) >= 11 is 0. The fraction of sp³-hybridized carbons (Fsp3) is 0.455. The van der Waals surface area contributed by atoms with Crippen LogP contribution in [0.25, 0.3) is 0 Å². The van der Waals surface area contributed by atoms with Crippen LogP contribution in [0, 0.1) is 6.92 Å². The first-order valence-electron chi connectivity index (χ1n) is 5.12. The van der Waals surface area contributed by atoms with Crippen molar-refractivity contribution in [3.8, 4) is 0 Å².